The van der Waals surface area contributed by atoms with Crippen molar-refractivity contribution in [3.05, 3.63) is 59.7 Å². The summed E-state index contributed by atoms with van der Waals surface area (Å²) in [5.41, 5.74) is 4.72. The van der Waals surface area contributed by atoms with Gasteiger partial charge >= 0.3 is 12.1 Å². The molecule has 2 aromatic carbocycles. The number of fused-ring (bicyclic) bond motifs is 5. The van der Waals surface area contributed by atoms with Crippen molar-refractivity contribution in [2.75, 3.05) is 24.7 Å². The molecule has 2 aromatic rings. The molecule has 2 bridgehead atoms. The van der Waals surface area contributed by atoms with Gasteiger partial charge in [-0.1, -0.05) is 48.5 Å². The molecule has 2 aliphatic heterocycles. The number of ether oxygens (including phenoxy) is 1. The third-order valence-corrected chi connectivity index (χ3v) is 8.17. The number of rotatable bonds is 8. The summed E-state index contributed by atoms with van der Waals surface area (Å²) in [7, 11) is 0. The molecule has 34 heavy (non-hydrogen) atoms. The normalized spacial score (nSPS) is 22.4. The van der Waals surface area contributed by atoms with Gasteiger partial charge in [-0.05, 0) is 41.5 Å². The molecular weight excluding hydrogens is 452 g/mol. The van der Waals surface area contributed by atoms with Gasteiger partial charge in [0, 0.05) is 30.3 Å². The molecule has 5 rings (SSSR count). The lowest BCUT2D eigenvalue weighted by Crippen LogP contribution is -2.39. The first-order chi connectivity index (χ1) is 16.5. The van der Waals surface area contributed by atoms with Crippen molar-refractivity contribution in [2.45, 2.75) is 37.3 Å². The summed E-state index contributed by atoms with van der Waals surface area (Å²) in [6.07, 6.45) is 1.78. The zero-order valence-corrected chi connectivity index (χ0v) is 19.6. The highest BCUT2D eigenvalue weighted by atomic mass is 32.2. The summed E-state index contributed by atoms with van der Waals surface area (Å²) in [6, 6.07) is 16.3. The Hall–Kier alpha value is -3.00. The Bertz CT molecular complexity index is 1060. The number of benzene rings is 2. The number of nitrogens with one attached hydrogen (secondary N) is 1. The zero-order valence-electron chi connectivity index (χ0n) is 18.8. The summed E-state index contributed by atoms with van der Waals surface area (Å²) in [5, 5.41) is 12.1. The van der Waals surface area contributed by atoms with E-state index in [0.717, 1.165) is 12.8 Å². The average molecular weight is 481 g/mol. The van der Waals surface area contributed by atoms with Gasteiger partial charge in [-0.25, -0.2) is 4.79 Å². The van der Waals surface area contributed by atoms with E-state index in [-0.39, 0.29) is 30.5 Å². The zero-order chi connectivity index (χ0) is 23.7. The summed E-state index contributed by atoms with van der Waals surface area (Å²) in [6.45, 7) is 0.674. The summed E-state index contributed by atoms with van der Waals surface area (Å²) in [4.78, 5) is 38.1. The van der Waals surface area contributed by atoms with Crippen LogP contribution in [0.2, 0.25) is 0 Å². The maximum absolute atomic E-state index is 12.6. The lowest BCUT2D eigenvalue weighted by Gasteiger charge is -2.23. The number of carbonyl (C=O) groups excluding carboxylic acids is 2. The Morgan fingerprint density at radius 3 is 2.35 bits per heavy atom. The summed E-state index contributed by atoms with van der Waals surface area (Å²) < 4.78 is 5.53. The van der Waals surface area contributed by atoms with Crippen LogP contribution in [0.1, 0.15) is 36.3 Å². The molecule has 2 saturated heterocycles. The van der Waals surface area contributed by atoms with Crippen LogP contribution >= 0.6 is 11.8 Å². The Morgan fingerprint density at radius 1 is 1.03 bits per heavy atom. The number of aliphatic carboxylic acids is 1. The minimum Gasteiger partial charge on any atom is -0.481 e. The minimum absolute atomic E-state index is 0.00221. The first-order valence-corrected chi connectivity index (χ1v) is 12.9. The second-order valence-electron chi connectivity index (χ2n) is 9.08. The van der Waals surface area contributed by atoms with Crippen LogP contribution in [0.5, 0.6) is 0 Å². The first kappa shape index (κ1) is 22.8. The van der Waals surface area contributed by atoms with E-state index in [9.17, 15) is 19.5 Å². The molecular formula is C26H28N2O5S. The van der Waals surface area contributed by atoms with E-state index in [1.165, 1.54) is 34.0 Å². The van der Waals surface area contributed by atoms with Gasteiger partial charge in [0.2, 0.25) is 5.91 Å². The van der Waals surface area contributed by atoms with Crippen molar-refractivity contribution in [3.63, 3.8) is 0 Å². The SMILES string of the molecule is O=C(NCCSCC(=O)N1[C@H]2CC[C@@H]1[C@H](C(=O)O)C2)OCC1c2ccccc2-c2ccccc21. The molecule has 0 saturated carbocycles. The van der Waals surface area contributed by atoms with Crippen molar-refractivity contribution in [1.29, 1.82) is 0 Å². The van der Waals surface area contributed by atoms with Crippen molar-refractivity contribution < 1.29 is 24.2 Å². The minimum atomic E-state index is -0.801. The van der Waals surface area contributed by atoms with Gasteiger partial charge < -0.3 is 20.1 Å². The molecule has 0 radical (unpaired) electrons. The number of hydrogen-bond donors (Lipinski definition) is 2. The van der Waals surface area contributed by atoms with Crippen LogP contribution in [0.25, 0.3) is 11.1 Å². The molecule has 1 aliphatic carbocycles. The lowest BCUT2D eigenvalue weighted by atomic mass is 9.89. The quantitative estimate of drug-likeness (QED) is 0.559. The van der Waals surface area contributed by atoms with Gasteiger partial charge in [0.15, 0.2) is 0 Å². The molecule has 8 heteroatoms. The van der Waals surface area contributed by atoms with E-state index in [0.29, 0.717) is 24.5 Å². The number of carboxylic acid groups (broad SMARTS) is 1. The predicted octanol–water partition coefficient (Wildman–Crippen LogP) is 3.72. The van der Waals surface area contributed by atoms with E-state index in [1.807, 2.05) is 24.3 Å². The smallest absolute Gasteiger partial charge is 0.407 e. The van der Waals surface area contributed by atoms with Crippen LogP contribution in [0.3, 0.4) is 0 Å². The monoisotopic (exact) mass is 480 g/mol. The van der Waals surface area contributed by atoms with Crippen molar-refractivity contribution in [2.24, 2.45) is 5.92 Å². The standard InChI is InChI=1S/C26H28N2O5S/c29-24(28-16-9-10-23(28)21(13-16)25(30)31)15-34-12-11-27-26(32)33-14-22-19-7-3-1-5-17(19)18-6-2-4-8-20(18)22/h1-8,16,21-23H,9-15H2,(H,27,32)(H,30,31)/t16-,21+,23+/m0/s1. The molecule has 0 aromatic heterocycles. The molecule has 0 spiro atoms. The molecule has 2 fully saturated rings. The van der Waals surface area contributed by atoms with Crippen LogP contribution in [0.4, 0.5) is 4.79 Å². The third-order valence-electron chi connectivity index (χ3n) is 7.23. The van der Waals surface area contributed by atoms with Gasteiger partial charge in [-0.3, -0.25) is 9.59 Å². The van der Waals surface area contributed by atoms with Crippen molar-refractivity contribution in [3.8, 4) is 11.1 Å². The first-order valence-electron chi connectivity index (χ1n) is 11.7. The Balaban J connectivity index is 1.04. The number of alkyl carbamates (subject to hydrolysis) is 1. The molecule has 2 N–H and O–H groups in total. The highest BCUT2D eigenvalue weighted by Crippen LogP contribution is 2.44. The topological polar surface area (TPSA) is 95.9 Å². The number of carboxylic acids is 1. The number of thioether (sulfide) groups is 1. The molecule has 0 unspecified atom stereocenters. The Labute approximate surface area is 202 Å². The van der Waals surface area contributed by atoms with Crippen LogP contribution in [0, 0.1) is 5.92 Å². The fourth-order valence-corrected chi connectivity index (χ4v) is 6.47. The molecule has 178 valence electrons. The van der Waals surface area contributed by atoms with Crippen LogP contribution in [-0.4, -0.2) is 64.7 Å². The molecule has 2 heterocycles. The highest BCUT2D eigenvalue weighted by Gasteiger charge is 2.51. The van der Waals surface area contributed by atoms with E-state index in [2.05, 4.69) is 29.6 Å². The molecule has 7 nitrogen and oxygen atoms in total. The second-order valence-corrected chi connectivity index (χ2v) is 10.2. The summed E-state index contributed by atoms with van der Waals surface area (Å²) in [5.74, 6) is -0.321. The van der Waals surface area contributed by atoms with Gasteiger partial charge in [-0.2, -0.15) is 11.8 Å². The van der Waals surface area contributed by atoms with E-state index < -0.39 is 18.0 Å². The van der Waals surface area contributed by atoms with Gasteiger partial charge in [-0.15, -0.1) is 0 Å². The van der Waals surface area contributed by atoms with Crippen molar-refractivity contribution in [1.82, 2.24) is 10.2 Å². The summed E-state index contributed by atoms with van der Waals surface area (Å²) >= 11 is 1.45. The molecule has 3 aliphatic rings. The molecule has 2 amide bonds. The molecule has 3 atom stereocenters. The van der Waals surface area contributed by atoms with E-state index in [1.54, 1.807) is 4.90 Å². The Kier molecular flexibility index (Phi) is 6.50. The Morgan fingerprint density at radius 2 is 1.71 bits per heavy atom. The van der Waals surface area contributed by atoms with Gasteiger partial charge in [0.25, 0.3) is 0 Å². The maximum atomic E-state index is 12.6. The number of nitrogens with zero attached hydrogens (tertiary/aromatic N) is 1. The third kappa shape index (κ3) is 4.27. The van der Waals surface area contributed by atoms with Crippen molar-refractivity contribution >= 4 is 29.7 Å². The van der Waals surface area contributed by atoms with E-state index in [4.69, 9.17) is 4.74 Å². The van der Waals surface area contributed by atoms with Crippen LogP contribution in [-0.2, 0) is 14.3 Å². The predicted molar refractivity (Wildman–Crippen MR) is 130 cm³/mol. The fourth-order valence-electron chi connectivity index (χ4n) is 5.75. The number of carbonyl (C=O) groups is 3. The van der Waals surface area contributed by atoms with Crippen LogP contribution in [0.15, 0.2) is 48.5 Å². The number of hydrogen-bond acceptors (Lipinski definition) is 5. The van der Waals surface area contributed by atoms with Gasteiger partial charge in [0.1, 0.15) is 6.61 Å². The largest absolute Gasteiger partial charge is 0.481 e. The lowest BCUT2D eigenvalue weighted by molar-refractivity contribution is -0.143. The van der Waals surface area contributed by atoms with E-state index >= 15 is 0 Å². The van der Waals surface area contributed by atoms with Gasteiger partial charge in [0.05, 0.1) is 11.7 Å². The second kappa shape index (κ2) is 9.70. The van der Waals surface area contributed by atoms with Crippen LogP contribution < -0.4 is 5.32 Å². The maximum Gasteiger partial charge on any atom is 0.407 e. The fraction of sp³-hybridized carbons (Fsp3) is 0.423. The highest BCUT2D eigenvalue weighted by molar-refractivity contribution is 7.99. The average Bonchev–Trinajstić information content (AvgIpc) is 3.52. The number of amides is 2.